The highest BCUT2D eigenvalue weighted by Gasteiger charge is 2.02. The first-order valence-electron chi connectivity index (χ1n) is 5.39. The number of unbranched alkanes of at least 4 members (excludes halogenated alkanes) is 1. The number of nitrogens with zero attached hydrogens (tertiary/aromatic N) is 2. The number of hydrogen-bond acceptors (Lipinski definition) is 3. The van der Waals surface area contributed by atoms with Crippen molar-refractivity contribution in [3.63, 3.8) is 0 Å². The number of rotatable bonds is 5. The van der Waals surface area contributed by atoms with Gasteiger partial charge in [0.05, 0.1) is 11.6 Å². The standard InChI is InChI=1S/C12H17N3/c1-3-4-5-10(2)15-12-8-11(9-13)6-7-14-12/h6-8,10H,3-5H2,1-2H3,(H,14,15). The van der Waals surface area contributed by atoms with Crippen molar-refractivity contribution >= 4 is 5.82 Å². The first-order valence-corrected chi connectivity index (χ1v) is 5.39. The van der Waals surface area contributed by atoms with Crippen LogP contribution in [-0.2, 0) is 0 Å². The third-order valence-electron chi connectivity index (χ3n) is 2.27. The van der Waals surface area contributed by atoms with Crippen LogP contribution in [-0.4, -0.2) is 11.0 Å². The lowest BCUT2D eigenvalue weighted by atomic mass is 10.1. The molecule has 0 aromatic carbocycles. The van der Waals surface area contributed by atoms with Gasteiger partial charge in [0.1, 0.15) is 5.82 Å². The SMILES string of the molecule is CCCCC(C)Nc1cc(C#N)ccn1. The van der Waals surface area contributed by atoms with Crippen molar-refractivity contribution in [3.8, 4) is 6.07 Å². The molecule has 0 aliphatic rings. The van der Waals surface area contributed by atoms with E-state index in [1.807, 2.05) is 0 Å². The van der Waals surface area contributed by atoms with E-state index in [2.05, 4.69) is 30.2 Å². The predicted octanol–water partition coefficient (Wildman–Crippen LogP) is 2.94. The third kappa shape index (κ3) is 3.99. The Labute approximate surface area is 91.1 Å². The first kappa shape index (κ1) is 11.5. The van der Waals surface area contributed by atoms with Crippen molar-refractivity contribution < 1.29 is 0 Å². The molecule has 1 N–H and O–H groups in total. The van der Waals surface area contributed by atoms with Crippen LogP contribution in [0.5, 0.6) is 0 Å². The van der Waals surface area contributed by atoms with Gasteiger partial charge in [-0.2, -0.15) is 5.26 Å². The number of aromatic nitrogens is 1. The van der Waals surface area contributed by atoms with Gasteiger partial charge in [0, 0.05) is 12.2 Å². The van der Waals surface area contributed by atoms with Gasteiger partial charge in [0.15, 0.2) is 0 Å². The predicted molar refractivity (Wildman–Crippen MR) is 61.6 cm³/mol. The molecule has 0 saturated heterocycles. The van der Waals surface area contributed by atoms with Gasteiger partial charge in [-0.15, -0.1) is 0 Å². The van der Waals surface area contributed by atoms with Crippen molar-refractivity contribution in [2.75, 3.05) is 5.32 Å². The number of nitriles is 1. The summed E-state index contributed by atoms with van der Waals surface area (Å²) in [6, 6.07) is 6.00. The maximum Gasteiger partial charge on any atom is 0.127 e. The molecular formula is C12H17N3. The van der Waals surface area contributed by atoms with Crippen molar-refractivity contribution in [2.45, 2.75) is 39.2 Å². The molecule has 80 valence electrons. The van der Waals surface area contributed by atoms with Gasteiger partial charge >= 0.3 is 0 Å². The highest BCUT2D eigenvalue weighted by Crippen LogP contribution is 2.10. The maximum atomic E-state index is 8.73. The maximum absolute atomic E-state index is 8.73. The zero-order chi connectivity index (χ0) is 11.1. The quantitative estimate of drug-likeness (QED) is 0.800. The van der Waals surface area contributed by atoms with Crippen LogP contribution in [0.2, 0.25) is 0 Å². The van der Waals surface area contributed by atoms with Gasteiger partial charge in [-0.1, -0.05) is 19.8 Å². The highest BCUT2D eigenvalue weighted by molar-refractivity contribution is 5.42. The topological polar surface area (TPSA) is 48.7 Å². The number of nitrogens with one attached hydrogen (secondary N) is 1. The number of pyridine rings is 1. The van der Waals surface area contributed by atoms with Crippen LogP contribution < -0.4 is 5.32 Å². The van der Waals surface area contributed by atoms with Gasteiger partial charge in [-0.3, -0.25) is 0 Å². The van der Waals surface area contributed by atoms with E-state index in [0.29, 0.717) is 11.6 Å². The number of hydrogen-bond donors (Lipinski definition) is 1. The van der Waals surface area contributed by atoms with Crippen LogP contribution in [0, 0.1) is 11.3 Å². The second-order valence-electron chi connectivity index (χ2n) is 3.73. The minimum atomic E-state index is 0.409. The smallest absolute Gasteiger partial charge is 0.127 e. The molecule has 1 aromatic heterocycles. The van der Waals surface area contributed by atoms with Crippen LogP contribution in [0.4, 0.5) is 5.82 Å². The third-order valence-corrected chi connectivity index (χ3v) is 2.27. The zero-order valence-electron chi connectivity index (χ0n) is 9.33. The molecule has 0 bridgehead atoms. The molecular weight excluding hydrogens is 186 g/mol. The van der Waals surface area contributed by atoms with E-state index in [1.54, 1.807) is 18.3 Å². The second-order valence-corrected chi connectivity index (χ2v) is 3.73. The summed E-state index contributed by atoms with van der Waals surface area (Å²) in [6.45, 7) is 4.32. The Morgan fingerprint density at radius 2 is 2.40 bits per heavy atom. The van der Waals surface area contributed by atoms with E-state index in [0.717, 1.165) is 12.2 Å². The van der Waals surface area contributed by atoms with Gasteiger partial charge in [-0.25, -0.2) is 4.98 Å². The summed E-state index contributed by atoms with van der Waals surface area (Å²) in [7, 11) is 0. The Bertz CT molecular complexity index is 341. The lowest BCUT2D eigenvalue weighted by Gasteiger charge is -2.13. The Kier molecular flexibility index (Phi) is 4.62. The van der Waals surface area contributed by atoms with Gasteiger partial charge in [0.25, 0.3) is 0 Å². The molecule has 1 rings (SSSR count). The summed E-state index contributed by atoms with van der Waals surface area (Å²) >= 11 is 0. The summed E-state index contributed by atoms with van der Waals surface area (Å²) in [4.78, 5) is 4.17. The summed E-state index contributed by atoms with van der Waals surface area (Å²) < 4.78 is 0. The molecule has 3 nitrogen and oxygen atoms in total. The van der Waals surface area contributed by atoms with Crippen LogP contribution >= 0.6 is 0 Å². The van der Waals surface area contributed by atoms with Crippen LogP contribution in [0.25, 0.3) is 0 Å². The molecule has 3 heteroatoms. The van der Waals surface area contributed by atoms with E-state index < -0.39 is 0 Å². The Morgan fingerprint density at radius 3 is 3.07 bits per heavy atom. The second kappa shape index (κ2) is 6.02. The minimum absolute atomic E-state index is 0.409. The fraction of sp³-hybridized carbons (Fsp3) is 0.500. The van der Waals surface area contributed by atoms with E-state index in [-0.39, 0.29) is 0 Å². The molecule has 0 aliphatic heterocycles. The summed E-state index contributed by atoms with van der Waals surface area (Å²) in [5.74, 6) is 0.789. The van der Waals surface area contributed by atoms with Crippen LogP contribution in [0.1, 0.15) is 38.7 Å². The summed E-state index contributed by atoms with van der Waals surface area (Å²) in [6.07, 6.45) is 5.21. The molecule has 15 heavy (non-hydrogen) atoms. The lowest BCUT2D eigenvalue weighted by Crippen LogP contribution is -2.15. The largest absolute Gasteiger partial charge is 0.368 e. The molecule has 1 heterocycles. The normalized spacial score (nSPS) is 11.8. The molecule has 1 atom stereocenters. The monoisotopic (exact) mass is 203 g/mol. The molecule has 1 aromatic rings. The first-order chi connectivity index (χ1) is 7.26. The fourth-order valence-corrected chi connectivity index (χ4v) is 1.41. The fourth-order valence-electron chi connectivity index (χ4n) is 1.41. The van der Waals surface area contributed by atoms with E-state index in [4.69, 9.17) is 5.26 Å². The van der Waals surface area contributed by atoms with Crippen molar-refractivity contribution in [2.24, 2.45) is 0 Å². The van der Waals surface area contributed by atoms with Gasteiger partial charge in [-0.05, 0) is 25.5 Å². The van der Waals surface area contributed by atoms with E-state index in [9.17, 15) is 0 Å². The van der Waals surface area contributed by atoms with E-state index >= 15 is 0 Å². The molecule has 0 aliphatic carbocycles. The van der Waals surface area contributed by atoms with Crippen LogP contribution in [0.15, 0.2) is 18.3 Å². The summed E-state index contributed by atoms with van der Waals surface area (Å²) in [5.41, 5.74) is 0.648. The van der Waals surface area contributed by atoms with Gasteiger partial charge < -0.3 is 5.32 Å². The molecule has 0 spiro atoms. The molecule has 0 amide bonds. The molecule has 1 unspecified atom stereocenters. The zero-order valence-corrected chi connectivity index (χ0v) is 9.33. The minimum Gasteiger partial charge on any atom is -0.368 e. The Morgan fingerprint density at radius 1 is 1.60 bits per heavy atom. The number of anilines is 1. The van der Waals surface area contributed by atoms with Crippen molar-refractivity contribution in [3.05, 3.63) is 23.9 Å². The Hall–Kier alpha value is -1.56. The van der Waals surface area contributed by atoms with E-state index in [1.165, 1.54) is 12.8 Å². The van der Waals surface area contributed by atoms with Crippen LogP contribution in [0.3, 0.4) is 0 Å². The average molecular weight is 203 g/mol. The molecule has 0 saturated carbocycles. The molecule has 0 fully saturated rings. The highest BCUT2D eigenvalue weighted by atomic mass is 15.0. The van der Waals surface area contributed by atoms with Crippen molar-refractivity contribution in [1.29, 1.82) is 5.26 Å². The van der Waals surface area contributed by atoms with Crippen molar-refractivity contribution in [1.82, 2.24) is 4.98 Å². The average Bonchev–Trinajstić information content (AvgIpc) is 2.26. The Balaban J connectivity index is 2.53. The molecule has 0 radical (unpaired) electrons. The summed E-state index contributed by atoms with van der Waals surface area (Å²) in [5, 5.41) is 12.0. The van der Waals surface area contributed by atoms with Gasteiger partial charge in [0.2, 0.25) is 0 Å². The lowest BCUT2D eigenvalue weighted by molar-refractivity contribution is 0.643.